The van der Waals surface area contributed by atoms with Gasteiger partial charge in [-0.05, 0) is 73.9 Å². The Hall–Kier alpha value is -1.88. The van der Waals surface area contributed by atoms with Gasteiger partial charge in [0.25, 0.3) is 0 Å². The third kappa shape index (κ3) is 6.31. The summed E-state index contributed by atoms with van der Waals surface area (Å²) in [5.74, 6) is -0.820. The molecule has 0 amide bonds. The fraction of sp³-hybridized carbons (Fsp3) is 0.500. The molecule has 1 fully saturated rings. The van der Waals surface area contributed by atoms with Crippen molar-refractivity contribution in [1.29, 1.82) is 0 Å². The summed E-state index contributed by atoms with van der Waals surface area (Å²) in [6, 6.07) is 10.4. The van der Waals surface area contributed by atoms with Crippen LogP contribution in [0.3, 0.4) is 0 Å². The predicted octanol–water partition coefficient (Wildman–Crippen LogP) is 8.15. The van der Waals surface area contributed by atoms with E-state index in [2.05, 4.69) is 6.92 Å². The third-order valence-electron chi connectivity index (χ3n) is 6.19. The fourth-order valence-corrected chi connectivity index (χ4v) is 5.15. The molecule has 5 heteroatoms. The van der Waals surface area contributed by atoms with Crippen LogP contribution in [-0.2, 0) is 0 Å². The molecule has 168 valence electrons. The minimum atomic E-state index is -1.06. The minimum absolute atomic E-state index is 0.0311. The summed E-state index contributed by atoms with van der Waals surface area (Å²) < 4.78 is 33.4. The summed E-state index contributed by atoms with van der Waals surface area (Å²) >= 11 is 0.706. The average Bonchev–Trinajstić information content (AvgIpc) is 2.79. The first-order chi connectivity index (χ1) is 15.0. The zero-order valence-electron chi connectivity index (χ0n) is 18.5. The maximum atomic E-state index is 14.3. The first-order valence-corrected chi connectivity index (χ1v) is 12.3. The van der Waals surface area contributed by atoms with Gasteiger partial charge in [0.05, 0.1) is 11.5 Å². The molecular weight excluding hydrogens is 414 g/mol. The van der Waals surface area contributed by atoms with Crippen LogP contribution < -0.4 is 4.74 Å². The average molecular weight is 447 g/mol. The van der Waals surface area contributed by atoms with Crippen molar-refractivity contribution in [3.8, 4) is 5.75 Å². The van der Waals surface area contributed by atoms with E-state index in [-0.39, 0.29) is 22.4 Å². The Labute approximate surface area is 188 Å². The Morgan fingerprint density at radius 3 is 2.32 bits per heavy atom. The molecule has 0 N–H and O–H groups in total. The molecular formula is C26H32F2O2S. The Kier molecular flexibility index (Phi) is 8.94. The van der Waals surface area contributed by atoms with E-state index in [4.69, 9.17) is 4.74 Å². The van der Waals surface area contributed by atoms with Crippen molar-refractivity contribution in [2.45, 2.75) is 76.0 Å². The van der Waals surface area contributed by atoms with Crippen LogP contribution in [0, 0.1) is 17.6 Å². The van der Waals surface area contributed by atoms with Crippen LogP contribution in [0.4, 0.5) is 8.78 Å². The second kappa shape index (κ2) is 11.7. The molecule has 0 aromatic heterocycles. The highest BCUT2D eigenvalue weighted by Crippen LogP contribution is 2.38. The molecule has 0 bridgehead atoms. The molecule has 2 aromatic rings. The lowest BCUT2D eigenvalue weighted by Gasteiger charge is -2.29. The van der Waals surface area contributed by atoms with Crippen LogP contribution in [-0.4, -0.2) is 11.7 Å². The number of ether oxygens (including phenoxy) is 1. The fourth-order valence-electron chi connectivity index (χ4n) is 4.38. The van der Waals surface area contributed by atoms with Gasteiger partial charge in [-0.25, -0.2) is 4.39 Å². The van der Waals surface area contributed by atoms with E-state index in [1.54, 1.807) is 19.1 Å². The second-order valence-electron chi connectivity index (χ2n) is 8.35. The van der Waals surface area contributed by atoms with Crippen LogP contribution in [0.1, 0.15) is 87.1 Å². The van der Waals surface area contributed by atoms with Gasteiger partial charge >= 0.3 is 0 Å². The van der Waals surface area contributed by atoms with Gasteiger partial charge in [-0.3, -0.25) is 4.79 Å². The highest BCUT2D eigenvalue weighted by Gasteiger charge is 2.23. The molecule has 2 nitrogen and oxygen atoms in total. The van der Waals surface area contributed by atoms with Crippen LogP contribution >= 0.6 is 11.8 Å². The van der Waals surface area contributed by atoms with Gasteiger partial charge in [0.2, 0.25) is 10.9 Å². The van der Waals surface area contributed by atoms with Crippen LogP contribution in [0.15, 0.2) is 41.3 Å². The minimum Gasteiger partial charge on any atom is -0.491 e. The standard InChI is InChI=1S/C26H32F2O2S/c1-3-5-6-7-18-8-10-19(11-9-18)20-12-14-21(15-13-20)26(29)31-23-17-16-22(30-4-2)24(27)25(23)28/h12-19H,3-11H2,1-2H3. The van der Waals surface area contributed by atoms with E-state index >= 15 is 0 Å². The smallest absolute Gasteiger partial charge is 0.224 e. The van der Waals surface area contributed by atoms with Gasteiger partial charge < -0.3 is 4.74 Å². The summed E-state index contributed by atoms with van der Waals surface area (Å²) in [6.45, 7) is 4.19. The Morgan fingerprint density at radius 1 is 0.968 bits per heavy atom. The van der Waals surface area contributed by atoms with Crippen molar-refractivity contribution in [1.82, 2.24) is 0 Å². The van der Waals surface area contributed by atoms with Gasteiger partial charge in [0.15, 0.2) is 11.6 Å². The van der Waals surface area contributed by atoms with Gasteiger partial charge in [0.1, 0.15) is 0 Å². The van der Waals surface area contributed by atoms with Gasteiger partial charge in [0, 0.05) is 5.56 Å². The number of unbranched alkanes of at least 4 members (excludes halogenated alkanes) is 2. The summed E-state index contributed by atoms with van der Waals surface area (Å²) in [7, 11) is 0. The first-order valence-electron chi connectivity index (χ1n) is 11.5. The highest BCUT2D eigenvalue weighted by atomic mass is 32.2. The molecule has 0 saturated heterocycles. The van der Waals surface area contributed by atoms with Crippen LogP contribution in [0.2, 0.25) is 0 Å². The Morgan fingerprint density at radius 2 is 1.68 bits per heavy atom. The SMILES string of the molecule is CCCCCC1CCC(c2ccc(C(=O)Sc3ccc(OCC)c(F)c3F)cc2)CC1. The van der Waals surface area contributed by atoms with E-state index in [0.29, 0.717) is 23.2 Å². The third-order valence-corrected chi connectivity index (χ3v) is 7.15. The molecule has 3 rings (SSSR count). The Balaban J connectivity index is 1.57. The number of halogens is 2. The Bertz CT molecular complexity index is 858. The molecule has 0 atom stereocenters. The number of hydrogen-bond acceptors (Lipinski definition) is 3. The zero-order valence-corrected chi connectivity index (χ0v) is 19.3. The molecule has 0 radical (unpaired) electrons. The van der Waals surface area contributed by atoms with E-state index in [9.17, 15) is 13.6 Å². The molecule has 1 saturated carbocycles. The summed E-state index contributed by atoms with van der Waals surface area (Å²) in [4.78, 5) is 12.6. The molecule has 0 heterocycles. The second-order valence-corrected chi connectivity index (χ2v) is 9.36. The normalized spacial score (nSPS) is 18.7. The molecule has 1 aliphatic carbocycles. The zero-order chi connectivity index (χ0) is 22.2. The number of benzene rings is 2. The molecule has 0 unspecified atom stereocenters. The monoisotopic (exact) mass is 446 g/mol. The molecule has 0 spiro atoms. The molecule has 2 aromatic carbocycles. The summed E-state index contributed by atoms with van der Waals surface area (Å²) in [5.41, 5.74) is 1.77. The van der Waals surface area contributed by atoms with Crippen molar-refractivity contribution in [3.63, 3.8) is 0 Å². The number of carbonyl (C=O) groups is 1. The lowest BCUT2D eigenvalue weighted by molar-refractivity contribution is 0.108. The highest BCUT2D eigenvalue weighted by molar-refractivity contribution is 8.14. The maximum Gasteiger partial charge on any atom is 0.224 e. The topological polar surface area (TPSA) is 26.3 Å². The van der Waals surface area contributed by atoms with Crippen molar-refractivity contribution < 1.29 is 18.3 Å². The number of carbonyl (C=O) groups excluding carboxylic acids is 1. The number of rotatable bonds is 9. The van der Waals surface area contributed by atoms with Gasteiger partial charge in [-0.2, -0.15) is 4.39 Å². The van der Waals surface area contributed by atoms with E-state index < -0.39 is 11.6 Å². The van der Waals surface area contributed by atoms with Gasteiger partial charge in [-0.15, -0.1) is 0 Å². The lowest BCUT2D eigenvalue weighted by Crippen LogP contribution is -2.13. The van der Waals surface area contributed by atoms with Crippen molar-refractivity contribution in [2.24, 2.45) is 5.92 Å². The summed E-state index contributed by atoms with van der Waals surface area (Å²) in [6.07, 6.45) is 10.3. The molecule has 31 heavy (non-hydrogen) atoms. The van der Waals surface area contributed by atoms with Crippen molar-refractivity contribution in [2.75, 3.05) is 6.61 Å². The van der Waals surface area contributed by atoms with Crippen molar-refractivity contribution >= 4 is 16.9 Å². The van der Waals surface area contributed by atoms with Crippen LogP contribution in [0.5, 0.6) is 5.75 Å². The van der Waals surface area contributed by atoms with Crippen LogP contribution in [0.25, 0.3) is 0 Å². The first kappa shape index (κ1) is 23.8. The largest absolute Gasteiger partial charge is 0.491 e. The van der Waals surface area contributed by atoms with Crippen molar-refractivity contribution in [3.05, 3.63) is 59.2 Å². The molecule has 1 aliphatic rings. The predicted molar refractivity (Wildman–Crippen MR) is 123 cm³/mol. The molecule has 0 aliphatic heterocycles. The number of hydrogen-bond donors (Lipinski definition) is 0. The van der Waals surface area contributed by atoms with Gasteiger partial charge in [-0.1, -0.05) is 56.9 Å². The summed E-state index contributed by atoms with van der Waals surface area (Å²) in [5, 5.41) is -0.298. The van der Waals surface area contributed by atoms with E-state index in [1.165, 1.54) is 69.1 Å². The lowest BCUT2D eigenvalue weighted by atomic mass is 9.77. The number of thioether (sulfide) groups is 1. The quantitative estimate of drug-likeness (QED) is 0.287. The van der Waals surface area contributed by atoms with E-state index in [0.717, 1.165) is 5.92 Å². The van der Waals surface area contributed by atoms with E-state index in [1.807, 2.05) is 12.1 Å². The maximum absolute atomic E-state index is 14.3.